The Morgan fingerprint density at radius 2 is 1.92 bits per heavy atom. The van der Waals surface area contributed by atoms with Crippen molar-refractivity contribution in [2.45, 2.75) is 44.1 Å². The van der Waals surface area contributed by atoms with Crippen molar-refractivity contribution in [1.82, 2.24) is 0 Å². The van der Waals surface area contributed by atoms with Crippen LogP contribution in [0.15, 0.2) is 24.3 Å². The normalized spacial score (nSPS) is 29.2. The SMILES string of the molecule is CCCO[C@H]1O[C@H](CO)[C@@H](O)[C@H](O)[C@H]1OC(=S)Oc1ccc(F)cc1. The lowest BCUT2D eigenvalue weighted by molar-refractivity contribution is -0.298. The van der Waals surface area contributed by atoms with Crippen molar-refractivity contribution in [1.29, 1.82) is 0 Å². The second kappa shape index (κ2) is 9.37. The molecule has 9 heteroatoms. The number of halogens is 1. The van der Waals surface area contributed by atoms with Gasteiger partial charge in [0.25, 0.3) is 0 Å². The first-order valence-corrected chi connectivity index (χ1v) is 8.25. The molecule has 0 aliphatic carbocycles. The Labute approximate surface area is 149 Å². The van der Waals surface area contributed by atoms with Gasteiger partial charge in [-0.2, -0.15) is 0 Å². The molecule has 0 aromatic heterocycles. The lowest BCUT2D eigenvalue weighted by atomic mass is 9.99. The maximum absolute atomic E-state index is 12.9. The number of ether oxygens (including phenoxy) is 4. The number of benzene rings is 1. The summed E-state index contributed by atoms with van der Waals surface area (Å²) in [6.07, 6.45) is -5.33. The van der Waals surface area contributed by atoms with Crippen LogP contribution in [0.5, 0.6) is 5.75 Å². The van der Waals surface area contributed by atoms with Gasteiger partial charge in [-0.1, -0.05) is 6.92 Å². The van der Waals surface area contributed by atoms with Gasteiger partial charge in [0.1, 0.15) is 29.9 Å². The summed E-state index contributed by atoms with van der Waals surface area (Å²) in [6, 6.07) is 5.11. The maximum Gasteiger partial charge on any atom is 0.358 e. The number of hydrogen-bond acceptors (Lipinski definition) is 8. The van der Waals surface area contributed by atoms with E-state index in [4.69, 9.17) is 31.2 Å². The number of thiocarbonyl (C=S) groups is 1. The molecular weight excluding hydrogens is 355 g/mol. The zero-order valence-electron chi connectivity index (χ0n) is 13.6. The van der Waals surface area contributed by atoms with Crippen molar-refractivity contribution in [2.75, 3.05) is 13.2 Å². The quantitative estimate of drug-likeness (QED) is 0.626. The van der Waals surface area contributed by atoms with E-state index in [9.17, 15) is 19.7 Å². The molecule has 0 saturated carbocycles. The third kappa shape index (κ3) is 5.30. The molecule has 0 spiro atoms. The summed E-state index contributed by atoms with van der Waals surface area (Å²) >= 11 is 4.97. The van der Waals surface area contributed by atoms with E-state index >= 15 is 0 Å². The van der Waals surface area contributed by atoms with Crippen LogP contribution in [0.2, 0.25) is 0 Å². The predicted octanol–water partition coefficient (Wildman–Crippen LogP) is 0.740. The predicted molar refractivity (Wildman–Crippen MR) is 88.5 cm³/mol. The highest BCUT2D eigenvalue weighted by molar-refractivity contribution is 7.79. The van der Waals surface area contributed by atoms with E-state index in [1.165, 1.54) is 24.3 Å². The summed E-state index contributed by atoms with van der Waals surface area (Å²) in [7, 11) is 0. The molecular formula is C16H21FO7S. The van der Waals surface area contributed by atoms with Gasteiger partial charge < -0.3 is 34.3 Å². The third-order valence-corrected chi connectivity index (χ3v) is 3.74. The fourth-order valence-electron chi connectivity index (χ4n) is 2.28. The molecule has 25 heavy (non-hydrogen) atoms. The van der Waals surface area contributed by atoms with Crippen LogP contribution in [0.25, 0.3) is 0 Å². The van der Waals surface area contributed by atoms with Crippen molar-refractivity contribution in [3.05, 3.63) is 30.1 Å². The molecule has 140 valence electrons. The Balaban J connectivity index is 2.04. The van der Waals surface area contributed by atoms with E-state index in [0.29, 0.717) is 13.0 Å². The van der Waals surface area contributed by atoms with E-state index in [1.54, 1.807) is 0 Å². The van der Waals surface area contributed by atoms with Gasteiger partial charge in [-0.15, -0.1) is 0 Å². The molecule has 0 unspecified atom stereocenters. The molecule has 5 atom stereocenters. The van der Waals surface area contributed by atoms with Crippen LogP contribution in [0.4, 0.5) is 4.39 Å². The smallest absolute Gasteiger partial charge is 0.358 e. The van der Waals surface area contributed by atoms with Gasteiger partial charge in [0.05, 0.1) is 6.61 Å². The summed E-state index contributed by atoms with van der Waals surface area (Å²) in [4.78, 5) is 0. The van der Waals surface area contributed by atoms with Gasteiger partial charge in [0, 0.05) is 18.8 Å². The summed E-state index contributed by atoms with van der Waals surface area (Å²) in [5.74, 6) is -0.182. The number of aliphatic hydroxyl groups excluding tert-OH is 3. The molecule has 0 amide bonds. The van der Waals surface area contributed by atoms with Crippen molar-refractivity contribution < 1.29 is 38.7 Å². The summed E-state index contributed by atoms with van der Waals surface area (Å²) < 4.78 is 34.4. The van der Waals surface area contributed by atoms with Crippen molar-refractivity contribution in [3.63, 3.8) is 0 Å². The fraction of sp³-hybridized carbons (Fsp3) is 0.562. The van der Waals surface area contributed by atoms with Crippen molar-refractivity contribution in [2.24, 2.45) is 0 Å². The van der Waals surface area contributed by atoms with Gasteiger partial charge >= 0.3 is 5.24 Å². The Morgan fingerprint density at radius 1 is 1.24 bits per heavy atom. The zero-order valence-corrected chi connectivity index (χ0v) is 14.4. The molecule has 1 aliphatic heterocycles. The van der Waals surface area contributed by atoms with E-state index < -0.39 is 43.1 Å². The number of rotatable bonds is 6. The van der Waals surface area contributed by atoms with E-state index in [1.807, 2.05) is 6.92 Å². The molecule has 1 aromatic carbocycles. The van der Waals surface area contributed by atoms with Crippen LogP contribution in [0.3, 0.4) is 0 Å². The van der Waals surface area contributed by atoms with E-state index in [-0.39, 0.29) is 11.0 Å². The molecule has 1 aromatic rings. The highest BCUT2D eigenvalue weighted by Gasteiger charge is 2.47. The Hall–Kier alpha value is -1.36. The number of aliphatic hydroxyl groups is 3. The summed E-state index contributed by atoms with van der Waals surface area (Å²) in [5.41, 5.74) is 0. The molecule has 0 bridgehead atoms. The minimum absolute atomic E-state index is 0.248. The van der Waals surface area contributed by atoms with Crippen LogP contribution in [0.1, 0.15) is 13.3 Å². The van der Waals surface area contributed by atoms with Crippen molar-refractivity contribution >= 4 is 17.5 Å². The Morgan fingerprint density at radius 3 is 2.52 bits per heavy atom. The van der Waals surface area contributed by atoms with Crippen LogP contribution in [-0.4, -0.2) is 64.5 Å². The molecule has 1 heterocycles. The first-order valence-electron chi connectivity index (χ1n) is 7.84. The van der Waals surface area contributed by atoms with Crippen molar-refractivity contribution in [3.8, 4) is 5.75 Å². The molecule has 0 radical (unpaired) electrons. The van der Waals surface area contributed by atoms with Crippen LogP contribution >= 0.6 is 12.2 Å². The second-order valence-corrected chi connectivity index (χ2v) is 5.80. The summed E-state index contributed by atoms with van der Waals surface area (Å²) in [6.45, 7) is 1.71. The first-order chi connectivity index (χ1) is 12.0. The highest BCUT2D eigenvalue weighted by atomic mass is 32.1. The molecule has 1 saturated heterocycles. The van der Waals surface area contributed by atoms with E-state index in [0.717, 1.165) is 0 Å². The molecule has 1 aliphatic rings. The average Bonchev–Trinajstić information content (AvgIpc) is 2.60. The Bertz CT molecular complexity index is 556. The van der Waals surface area contributed by atoms with Gasteiger partial charge in [-0.3, -0.25) is 0 Å². The first kappa shape index (κ1) is 20.0. The van der Waals surface area contributed by atoms with Gasteiger partial charge in [-0.05, 0) is 30.7 Å². The molecule has 7 nitrogen and oxygen atoms in total. The van der Waals surface area contributed by atoms with Crippen LogP contribution < -0.4 is 4.74 Å². The maximum atomic E-state index is 12.9. The number of hydrogen-bond donors (Lipinski definition) is 3. The Kier molecular flexibility index (Phi) is 7.48. The topological polar surface area (TPSA) is 97.6 Å². The molecule has 1 fully saturated rings. The largest absolute Gasteiger partial charge is 0.445 e. The monoisotopic (exact) mass is 376 g/mol. The molecule has 3 N–H and O–H groups in total. The lowest BCUT2D eigenvalue weighted by Crippen LogP contribution is -2.60. The minimum Gasteiger partial charge on any atom is -0.445 e. The minimum atomic E-state index is -1.41. The second-order valence-electron chi connectivity index (χ2n) is 5.47. The third-order valence-electron chi connectivity index (χ3n) is 3.56. The zero-order chi connectivity index (χ0) is 18.4. The van der Waals surface area contributed by atoms with Gasteiger partial charge in [0.2, 0.25) is 0 Å². The average molecular weight is 376 g/mol. The fourth-order valence-corrected chi connectivity index (χ4v) is 2.49. The highest BCUT2D eigenvalue weighted by Crippen LogP contribution is 2.25. The lowest BCUT2D eigenvalue weighted by Gasteiger charge is -2.41. The molecule has 2 rings (SSSR count). The van der Waals surface area contributed by atoms with Crippen LogP contribution in [-0.2, 0) is 14.2 Å². The van der Waals surface area contributed by atoms with Crippen LogP contribution in [0, 0.1) is 5.82 Å². The van der Waals surface area contributed by atoms with Gasteiger partial charge in [-0.25, -0.2) is 4.39 Å². The summed E-state index contributed by atoms with van der Waals surface area (Å²) in [5, 5.41) is 29.1. The van der Waals surface area contributed by atoms with Gasteiger partial charge in [0.15, 0.2) is 12.4 Å². The standard InChI is InChI=1S/C16H21FO7S/c1-2-7-21-15-14(13(20)12(19)11(8-18)23-15)24-16(25)22-10-5-3-9(17)4-6-10/h3-6,11-15,18-20H,2,7-8H2,1H3/t11-,12-,13+,14-,15+/m1/s1. The van der Waals surface area contributed by atoms with E-state index in [2.05, 4.69) is 0 Å².